The van der Waals surface area contributed by atoms with Crippen molar-refractivity contribution in [1.29, 1.82) is 0 Å². The van der Waals surface area contributed by atoms with E-state index in [1.807, 2.05) is 11.3 Å². The highest BCUT2D eigenvalue weighted by molar-refractivity contribution is 7.10. The number of hydrogen-bond acceptors (Lipinski definition) is 3. The van der Waals surface area contributed by atoms with E-state index in [4.69, 9.17) is 4.74 Å². The van der Waals surface area contributed by atoms with Gasteiger partial charge < -0.3 is 4.74 Å². The highest BCUT2D eigenvalue weighted by atomic mass is 32.1. The Balaban J connectivity index is 2.14. The fourth-order valence-corrected chi connectivity index (χ4v) is 2.66. The van der Waals surface area contributed by atoms with Gasteiger partial charge in [-0.15, -0.1) is 11.3 Å². The molecule has 13 heavy (non-hydrogen) atoms. The second-order valence-corrected chi connectivity index (χ2v) is 4.54. The van der Waals surface area contributed by atoms with Crippen molar-refractivity contribution in [3.05, 3.63) is 21.9 Å². The molecule has 72 valence electrons. The van der Waals surface area contributed by atoms with Crippen LogP contribution in [0.15, 0.2) is 11.4 Å². The van der Waals surface area contributed by atoms with Crippen molar-refractivity contribution in [2.75, 3.05) is 26.8 Å². The van der Waals surface area contributed by atoms with Crippen molar-refractivity contribution in [2.24, 2.45) is 0 Å². The van der Waals surface area contributed by atoms with Gasteiger partial charge in [0.1, 0.15) is 0 Å². The van der Waals surface area contributed by atoms with Gasteiger partial charge in [-0.05, 0) is 31.0 Å². The van der Waals surface area contributed by atoms with Gasteiger partial charge in [0.25, 0.3) is 0 Å². The van der Waals surface area contributed by atoms with Crippen LogP contribution in [0.5, 0.6) is 0 Å². The van der Waals surface area contributed by atoms with Crippen LogP contribution < -0.4 is 0 Å². The van der Waals surface area contributed by atoms with E-state index in [0.717, 1.165) is 19.8 Å². The number of likely N-dealkylation sites (N-methyl/N-ethyl adjacent to an activating group) is 1. The fourth-order valence-electron chi connectivity index (χ4n) is 1.61. The molecule has 2 rings (SSSR count). The predicted molar refractivity (Wildman–Crippen MR) is 55.2 cm³/mol. The zero-order valence-corrected chi connectivity index (χ0v) is 8.93. The van der Waals surface area contributed by atoms with Crippen LogP contribution in [-0.2, 0) is 4.74 Å². The lowest BCUT2D eigenvalue weighted by Crippen LogP contribution is -2.36. The molecule has 1 aromatic rings. The van der Waals surface area contributed by atoms with Gasteiger partial charge in [-0.2, -0.15) is 0 Å². The van der Waals surface area contributed by atoms with E-state index in [1.54, 1.807) is 0 Å². The molecule has 1 atom stereocenters. The molecule has 0 spiro atoms. The zero-order valence-electron chi connectivity index (χ0n) is 8.12. The molecule has 1 aliphatic heterocycles. The maximum atomic E-state index is 5.48. The zero-order chi connectivity index (χ0) is 9.26. The number of morpholine rings is 1. The minimum Gasteiger partial charge on any atom is -0.378 e. The summed E-state index contributed by atoms with van der Waals surface area (Å²) in [4.78, 5) is 3.80. The highest BCUT2D eigenvalue weighted by Gasteiger charge is 2.22. The molecular formula is C10H15NOS. The maximum absolute atomic E-state index is 5.48. The molecule has 0 aliphatic carbocycles. The van der Waals surface area contributed by atoms with Crippen LogP contribution in [0.2, 0.25) is 0 Å². The quantitative estimate of drug-likeness (QED) is 0.683. The molecule has 1 saturated heterocycles. The molecule has 2 heterocycles. The molecule has 0 N–H and O–H groups in total. The molecular weight excluding hydrogens is 182 g/mol. The van der Waals surface area contributed by atoms with Gasteiger partial charge >= 0.3 is 0 Å². The monoisotopic (exact) mass is 197 g/mol. The number of thiophene rings is 1. The van der Waals surface area contributed by atoms with Gasteiger partial charge in [-0.1, -0.05) is 0 Å². The first kappa shape index (κ1) is 9.19. The Kier molecular flexibility index (Phi) is 2.67. The van der Waals surface area contributed by atoms with Crippen molar-refractivity contribution in [1.82, 2.24) is 4.90 Å². The maximum Gasteiger partial charge on any atom is 0.0675 e. The van der Waals surface area contributed by atoms with Crippen LogP contribution in [0.3, 0.4) is 0 Å². The van der Waals surface area contributed by atoms with Gasteiger partial charge in [0.05, 0.1) is 19.3 Å². The third-order valence-corrected chi connectivity index (χ3v) is 3.63. The molecule has 0 radical (unpaired) electrons. The van der Waals surface area contributed by atoms with Gasteiger partial charge in [-0.25, -0.2) is 0 Å². The van der Waals surface area contributed by atoms with Crippen LogP contribution in [0.25, 0.3) is 0 Å². The van der Waals surface area contributed by atoms with Crippen LogP contribution in [0, 0.1) is 6.92 Å². The summed E-state index contributed by atoms with van der Waals surface area (Å²) in [6, 6.07) is 2.74. The molecule has 0 bridgehead atoms. The minimum absolute atomic E-state index is 0.479. The lowest BCUT2D eigenvalue weighted by Gasteiger charge is -2.31. The van der Waals surface area contributed by atoms with E-state index in [-0.39, 0.29) is 0 Å². The van der Waals surface area contributed by atoms with E-state index in [0.29, 0.717) is 6.04 Å². The molecule has 0 aromatic carbocycles. The van der Waals surface area contributed by atoms with Gasteiger partial charge in [-0.3, -0.25) is 4.90 Å². The number of ether oxygens (including phenoxy) is 1. The van der Waals surface area contributed by atoms with Crippen molar-refractivity contribution >= 4 is 11.3 Å². The molecule has 0 saturated carbocycles. The summed E-state index contributed by atoms with van der Waals surface area (Å²) in [5.74, 6) is 0. The summed E-state index contributed by atoms with van der Waals surface area (Å²) >= 11 is 1.84. The minimum atomic E-state index is 0.479. The molecule has 1 fully saturated rings. The van der Waals surface area contributed by atoms with Crippen LogP contribution in [0.4, 0.5) is 0 Å². The normalized spacial score (nSPS) is 24.9. The average molecular weight is 197 g/mol. The lowest BCUT2D eigenvalue weighted by molar-refractivity contribution is 0.00636. The summed E-state index contributed by atoms with van der Waals surface area (Å²) < 4.78 is 5.48. The number of aryl methyl sites for hydroxylation is 1. The second-order valence-electron chi connectivity index (χ2n) is 3.60. The molecule has 3 heteroatoms. The molecule has 2 nitrogen and oxygen atoms in total. The lowest BCUT2D eigenvalue weighted by atomic mass is 10.2. The Morgan fingerprint density at radius 1 is 1.62 bits per heavy atom. The first-order valence-electron chi connectivity index (χ1n) is 4.60. The molecule has 0 amide bonds. The van der Waals surface area contributed by atoms with Crippen LogP contribution in [-0.4, -0.2) is 31.7 Å². The predicted octanol–water partition coefficient (Wildman–Crippen LogP) is 2.06. The summed E-state index contributed by atoms with van der Waals surface area (Å²) in [6.45, 7) is 4.90. The van der Waals surface area contributed by atoms with E-state index in [9.17, 15) is 0 Å². The largest absolute Gasteiger partial charge is 0.378 e. The number of hydrogen-bond donors (Lipinski definition) is 0. The Hall–Kier alpha value is -0.380. The fraction of sp³-hybridized carbons (Fsp3) is 0.600. The van der Waals surface area contributed by atoms with E-state index < -0.39 is 0 Å². The smallest absolute Gasteiger partial charge is 0.0675 e. The standard InChI is InChI=1S/C10H15NOS/c1-8-5-10(13-7-8)9-6-12-4-3-11(9)2/h5,7,9H,3-4,6H2,1-2H3. The summed E-state index contributed by atoms with van der Waals surface area (Å²) in [6.07, 6.45) is 0. The second kappa shape index (κ2) is 3.78. The molecule has 1 unspecified atom stereocenters. The van der Waals surface area contributed by atoms with E-state index in [2.05, 4.69) is 30.3 Å². The van der Waals surface area contributed by atoms with Crippen molar-refractivity contribution in [2.45, 2.75) is 13.0 Å². The third kappa shape index (κ3) is 1.93. The van der Waals surface area contributed by atoms with Crippen molar-refractivity contribution in [3.63, 3.8) is 0 Å². The van der Waals surface area contributed by atoms with Gasteiger partial charge in [0, 0.05) is 11.4 Å². The number of rotatable bonds is 1. The Morgan fingerprint density at radius 2 is 2.46 bits per heavy atom. The third-order valence-electron chi connectivity index (χ3n) is 2.48. The topological polar surface area (TPSA) is 12.5 Å². The number of nitrogens with zero attached hydrogens (tertiary/aromatic N) is 1. The van der Waals surface area contributed by atoms with E-state index in [1.165, 1.54) is 10.4 Å². The van der Waals surface area contributed by atoms with Crippen molar-refractivity contribution < 1.29 is 4.74 Å². The van der Waals surface area contributed by atoms with Crippen LogP contribution >= 0.6 is 11.3 Å². The Bertz CT molecular complexity index is 284. The molecule has 1 aromatic heterocycles. The highest BCUT2D eigenvalue weighted by Crippen LogP contribution is 2.27. The molecule has 1 aliphatic rings. The van der Waals surface area contributed by atoms with Gasteiger partial charge in [0.15, 0.2) is 0 Å². The summed E-state index contributed by atoms with van der Waals surface area (Å²) in [5.41, 5.74) is 1.36. The first-order valence-corrected chi connectivity index (χ1v) is 5.48. The van der Waals surface area contributed by atoms with Gasteiger partial charge in [0.2, 0.25) is 0 Å². The SMILES string of the molecule is Cc1csc(C2COCCN2C)c1. The Labute approximate surface area is 83.1 Å². The van der Waals surface area contributed by atoms with E-state index >= 15 is 0 Å². The first-order chi connectivity index (χ1) is 6.27. The van der Waals surface area contributed by atoms with Crippen molar-refractivity contribution in [3.8, 4) is 0 Å². The summed E-state index contributed by atoms with van der Waals surface area (Å²) in [7, 11) is 2.17. The average Bonchev–Trinajstić information content (AvgIpc) is 2.53. The Morgan fingerprint density at radius 3 is 3.08 bits per heavy atom. The van der Waals surface area contributed by atoms with Crippen LogP contribution in [0.1, 0.15) is 16.5 Å². The summed E-state index contributed by atoms with van der Waals surface area (Å²) in [5, 5.41) is 2.21.